The van der Waals surface area contributed by atoms with Gasteiger partial charge in [0.25, 0.3) is 0 Å². The van der Waals surface area contributed by atoms with Gasteiger partial charge >= 0.3 is 0 Å². The summed E-state index contributed by atoms with van der Waals surface area (Å²) in [6, 6.07) is 8.25. The standard InChI is InChI=1S/C12H16N2/c1-4-12(14-10(3)13)11-7-5-9(2)6-8-11/h5-8,13H,4H2,1-3H3. The largest absolute Gasteiger partial charge is 0.287 e. The van der Waals surface area contributed by atoms with Crippen LogP contribution in [0.5, 0.6) is 0 Å². The minimum absolute atomic E-state index is 0.363. The molecule has 0 radical (unpaired) electrons. The van der Waals surface area contributed by atoms with E-state index in [1.54, 1.807) is 6.92 Å². The van der Waals surface area contributed by atoms with Crippen LogP contribution >= 0.6 is 0 Å². The van der Waals surface area contributed by atoms with Crippen LogP contribution in [0.3, 0.4) is 0 Å². The summed E-state index contributed by atoms with van der Waals surface area (Å²) in [6.45, 7) is 5.82. The molecule has 0 aliphatic carbocycles. The van der Waals surface area contributed by atoms with Gasteiger partial charge in [-0.3, -0.25) is 5.41 Å². The molecular weight excluding hydrogens is 172 g/mol. The number of aliphatic imine (C=N–C) groups is 1. The van der Waals surface area contributed by atoms with Gasteiger partial charge in [-0.15, -0.1) is 0 Å². The number of hydrogen-bond donors (Lipinski definition) is 1. The van der Waals surface area contributed by atoms with E-state index in [-0.39, 0.29) is 0 Å². The Balaban J connectivity index is 3.01. The van der Waals surface area contributed by atoms with Gasteiger partial charge in [0.05, 0.1) is 0 Å². The predicted octanol–water partition coefficient (Wildman–Crippen LogP) is 3.19. The fourth-order valence-electron chi connectivity index (χ4n) is 1.30. The van der Waals surface area contributed by atoms with E-state index in [0.29, 0.717) is 5.84 Å². The second kappa shape index (κ2) is 4.70. The summed E-state index contributed by atoms with van der Waals surface area (Å²) < 4.78 is 0. The molecule has 2 nitrogen and oxygen atoms in total. The first kappa shape index (κ1) is 10.6. The van der Waals surface area contributed by atoms with Crippen molar-refractivity contribution in [3.05, 3.63) is 35.4 Å². The molecule has 14 heavy (non-hydrogen) atoms. The van der Waals surface area contributed by atoms with Crippen LogP contribution in [0.1, 0.15) is 31.4 Å². The summed E-state index contributed by atoms with van der Waals surface area (Å²) in [5.41, 5.74) is 3.35. The zero-order valence-electron chi connectivity index (χ0n) is 8.96. The lowest BCUT2D eigenvalue weighted by Crippen LogP contribution is -2.01. The van der Waals surface area contributed by atoms with E-state index in [2.05, 4.69) is 43.1 Å². The normalized spacial score (nSPS) is 11.5. The van der Waals surface area contributed by atoms with Crippen molar-refractivity contribution in [3.63, 3.8) is 0 Å². The summed E-state index contributed by atoms with van der Waals surface area (Å²) in [5, 5.41) is 7.33. The van der Waals surface area contributed by atoms with Crippen LogP contribution in [0.4, 0.5) is 0 Å². The molecule has 0 fully saturated rings. The van der Waals surface area contributed by atoms with Gasteiger partial charge in [-0.25, -0.2) is 4.99 Å². The molecular formula is C12H16N2. The van der Waals surface area contributed by atoms with Crippen LogP contribution < -0.4 is 0 Å². The van der Waals surface area contributed by atoms with Gasteiger partial charge in [-0.2, -0.15) is 0 Å². The van der Waals surface area contributed by atoms with E-state index in [1.165, 1.54) is 5.56 Å². The van der Waals surface area contributed by atoms with Crippen LogP contribution in [0.15, 0.2) is 29.3 Å². The minimum Gasteiger partial charge on any atom is -0.287 e. The zero-order valence-corrected chi connectivity index (χ0v) is 8.96. The highest BCUT2D eigenvalue weighted by Gasteiger charge is 2.00. The maximum absolute atomic E-state index is 7.33. The van der Waals surface area contributed by atoms with E-state index in [9.17, 15) is 0 Å². The van der Waals surface area contributed by atoms with Crippen molar-refractivity contribution in [1.82, 2.24) is 0 Å². The Morgan fingerprint density at radius 3 is 2.29 bits per heavy atom. The summed E-state index contributed by atoms with van der Waals surface area (Å²) in [4.78, 5) is 4.20. The molecule has 0 saturated heterocycles. The molecule has 0 heterocycles. The summed E-state index contributed by atoms with van der Waals surface area (Å²) in [5.74, 6) is 0.363. The summed E-state index contributed by atoms with van der Waals surface area (Å²) in [6.07, 6.45) is 0.860. The van der Waals surface area contributed by atoms with E-state index in [1.807, 2.05) is 0 Å². The van der Waals surface area contributed by atoms with Crippen molar-refractivity contribution in [3.8, 4) is 0 Å². The summed E-state index contributed by atoms with van der Waals surface area (Å²) >= 11 is 0. The van der Waals surface area contributed by atoms with Gasteiger partial charge in [0.1, 0.15) is 5.84 Å². The third kappa shape index (κ3) is 2.80. The molecule has 1 aromatic rings. The molecule has 1 aromatic carbocycles. The average molecular weight is 188 g/mol. The zero-order chi connectivity index (χ0) is 10.6. The highest BCUT2D eigenvalue weighted by atomic mass is 14.8. The molecule has 0 saturated carbocycles. The number of benzene rings is 1. The van der Waals surface area contributed by atoms with E-state index in [0.717, 1.165) is 17.7 Å². The second-order valence-electron chi connectivity index (χ2n) is 3.36. The molecule has 0 spiro atoms. The molecule has 0 aromatic heterocycles. The van der Waals surface area contributed by atoms with Crippen molar-refractivity contribution in [1.29, 1.82) is 5.41 Å². The Bertz CT molecular complexity index is 347. The number of rotatable bonds is 2. The molecule has 74 valence electrons. The van der Waals surface area contributed by atoms with Gasteiger partial charge in [0, 0.05) is 5.71 Å². The third-order valence-electron chi connectivity index (χ3n) is 2.02. The van der Waals surface area contributed by atoms with Crippen molar-refractivity contribution >= 4 is 11.5 Å². The van der Waals surface area contributed by atoms with E-state index in [4.69, 9.17) is 5.41 Å². The first-order valence-electron chi connectivity index (χ1n) is 4.83. The Morgan fingerprint density at radius 1 is 1.29 bits per heavy atom. The summed E-state index contributed by atoms with van der Waals surface area (Å²) in [7, 11) is 0. The number of hydrogen-bond acceptors (Lipinski definition) is 1. The maximum atomic E-state index is 7.33. The maximum Gasteiger partial charge on any atom is 0.117 e. The molecule has 1 rings (SSSR count). The highest BCUT2D eigenvalue weighted by Crippen LogP contribution is 2.07. The Kier molecular flexibility index (Phi) is 3.57. The van der Waals surface area contributed by atoms with Crippen molar-refractivity contribution < 1.29 is 0 Å². The molecule has 1 N–H and O–H groups in total. The van der Waals surface area contributed by atoms with Crippen molar-refractivity contribution in [2.45, 2.75) is 27.2 Å². The fraction of sp³-hybridized carbons (Fsp3) is 0.333. The SMILES string of the molecule is CCC(=NC(C)=N)c1ccc(C)cc1. The molecule has 0 unspecified atom stereocenters. The quantitative estimate of drug-likeness (QED) is 0.546. The molecule has 0 aliphatic heterocycles. The lowest BCUT2D eigenvalue weighted by molar-refractivity contribution is 1.26. The average Bonchev–Trinajstić information content (AvgIpc) is 2.15. The van der Waals surface area contributed by atoms with Crippen LogP contribution in [0.2, 0.25) is 0 Å². The number of amidine groups is 1. The second-order valence-corrected chi connectivity index (χ2v) is 3.36. The van der Waals surface area contributed by atoms with Crippen molar-refractivity contribution in [2.24, 2.45) is 4.99 Å². The molecule has 0 atom stereocenters. The monoisotopic (exact) mass is 188 g/mol. The predicted molar refractivity (Wildman–Crippen MR) is 61.4 cm³/mol. The fourth-order valence-corrected chi connectivity index (χ4v) is 1.30. The van der Waals surface area contributed by atoms with Crippen LogP contribution in [-0.4, -0.2) is 11.5 Å². The first-order chi connectivity index (χ1) is 6.63. The first-order valence-corrected chi connectivity index (χ1v) is 4.83. The Hall–Kier alpha value is -1.44. The van der Waals surface area contributed by atoms with Crippen LogP contribution in [0, 0.1) is 12.3 Å². The minimum atomic E-state index is 0.363. The Labute approximate surface area is 85.2 Å². The van der Waals surface area contributed by atoms with Crippen LogP contribution in [-0.2, 0) is 0 Å². The lowest BCUT2D eigenvalue weighted by atomic mass is 10.1. The van der Waals surface area contributed by atoms with E-state index >= 15 is 0 Å². The molecule has 0 aliphatic rings. The topological polar surface area (TPSA) is 36.2 Å². The van der Waals surface area contributed by atoms with Gasteiger partial charge in [-0.1, -0.05) is 36.8 Å². The molecule has 0 bridgehead atoms. The Morgan fingerprint density at radius 2 is 1.86 bits per heavy atom. The van der Waals surface area contributed by atoms with Gasteiger partial charge in [0.15, 0.2) is 0 Å². The van der Waals surface area contributed by atoms with Gasteiger partial charge in [-0.05, 0) is 25.8 Å². The van der Waals surface area contributed by atoms with E-state index < -0.39 is 0 Å². The van der Waals surface area contributed by atoms with Crippen LogP contribution in [0.25, 0.3) is 0 Å². The molecule has 0 amide bonds. The number of nitrogens with one attached hydrogen (secondary N) is 1. The van der Waals surface area contributed by atoms with Crippen molar-refractivity contribution in [2.75, 3.05) is 0 Å². The lowest BCUT2D eigenvalue weighted by Gasteiger charge is -2.03. The smallest absolute Gasteiger partial charge is 0.117 e. The van der Waals surface area contributed by atoms with Gasteiger partial charge < -0.3 is 0 Å². The van der Waals surface area contributed by atoms with Gasteiger partial charge in [0.2, 0.25) is 0 Å². The molecule has 2 heteroatoms. The number of nitrogens with zero attached hydrogens (tertiary/aromatic N) is 1. The number of aryl methyl sites for hydroxylation is 1. The highest BCUT2D eigenvalue weighted by molar-refractivity contribution is 6.06. The third-order valence-corrected chi connectivity index (χ3v) is 2.02.